The van der Waals surface area contributed by atoms with Gasteiger partial charge in [0.1, 0.15) is 5.69 Å². The van der Waals surface area contributed by atoms with E-state index >= 15 is 0 Å². The minimum atomic E-state index is -0.809. The van der Waals surface area contributed by atoms with Crippen LogP contribution in [-0.4, -0.2) is 59.8 Å². The molecular formula is C25H34F2N6O2S. The molecule has 2 aliphatic carbocycles. The van der Waals surface area contributed by atoms with Gasteiger partial charge < -0.3 is 15.2 Å². The third-order valence-corrected chi connectivity index (χ3v) is 8.15. The van der Waals surface area contributed by atoms with E-state index in [1.165, 1.54) is 12.1 Å². The number of nitrogens with one attached hydrogen (secondary N) is 2. The van der Waals surface area contributed by atoms with Crippen LogP contribution < -0.4 is 20.9 Å². The first-order valence-corrected chi connectivity index (χ1v) is 13.7. The van der Waals surface area contributed by atoms with E-state index in [4.69, 9.17) is 19.8 Å². The lowest BCUT2D eigenvalue weighted by Gasteiger charge is -2.26. The second kappa shape index (κ2) is 11.0. The van der Waals surface area contributed by atoms with E-state index in [-0.39, 0.29) is 24.7 Å². The van der Waals surface area contributed by atoms with E-state index in [2.05, 4.69) is 22.8 Å². The van der Waals surface area contributed by atoms with Crippen molar-refractivity contribution in [2.45, 2.75) is 62.2 Å². The third-order valence-electron chi connectivity index (χ3n) is 7.09. The molecule has 1 aromatic heterocycles. The standard InChI is InChI=1S/C25H34F2N6O2S/c1-3-10-36-25-29-23(28-14-16-11-19(16)15-4-7-20(26)21(27)12-15)22-24(30-25)33(31-32(22)2)17-5-6-18(13-17)35-9-8-34/h4,7,12,16-19,31,34H,3,5-6,8-11,13-14H2,1-2H3,(H,28,29,30)/t16-,17+,18-,19+/m1/s1. The summed E-state index contributed by atoms with van der Waals surface area (Å²) in [6.45, 7) is 3.23. The molecule has 2 aromatic rings. The second-order valence-electron chi connectivity index (χ2n) is 9.74. The van der Waals surface area contributed by atoms with Gasteiger partial charge in [0.2, 0.25) is 0 Å². The Morgan fingerprint density at radius 1 is 1.22 bits per heavy atom. The molecule has 2 saturated carbocycles. The van der Waals surface area contributed by atoms with Crippen molar-refractivity contribution in [3.8, 4) is 0 Å². The molecule has 1 aliphatic heterocycles. The summed E-state index contributed by atoms with van der Waals surface area (Å²) in [4.78, 5) is 9.76. The quantitative estimate of drug-likeness (QED) is 0.300. The van der Waals surface area contributed by atoms with Crippen molar-refractivity contribution in [3.63, 3.8) is 0 Å². The fourth-order valence-electron chi connectivity index (χ4n) is 5.17. The number of aliphatic hydroxyl groups excluding tert-OH is 1. The van der Waals surface area contributed by atoms with Crippen LogP contribution in [0.3, 0.4) is 0 Å². The summed E-state index contributed by atoms with van der Waals surface area (Å²) < 4.78 is 32.8. The third kappa shape index (κ3) is 5.39. The lowest BCUT2D eigenvalue weighted by Crippen LogP contribution is -2.47. The zero-order chi connectivity index (χ0) is 25.2. The van der Waals surface area contributed by atoms with Crippen LogP contribution in [0.4, 0.5) is 26.1 Å². The van der Waals surface area contributed by atoms with Crippen LogP contribution in [0, 0.1) is 17.6 Å². The van der Waals surface area contributed by atoms with Gasteiger partial charge in [-0.15, -0.1) is 5.53 Å². The normalized spacial score (nSPS) is 24.9. The maximum atomic E-state index is 13.7. The minimum Gasteiger partial charge on any atom is -0.394 e. The zero-order valence-electron chi connectivity index (χ0n) is 20.7. The number of hydrogen-bond donors (Lipinski definition) is 3. The number of anilines is 3. The van der Waals surface area contributed by atoms with Crippen LogP contribution in [0.25, 0.3) is 0 Å². The molecule has 36 heavy (non-hydrogen) atoms. The van der Waals surface area contributed by atoms with Gasteiger partial charge in [-0.25, -0.2) is 18.7 Å². The topological polar surface area (TPSA) is 85.8 Å². The molecule has 2 heterocycles. The number of hydrazine groups is 2. The summed E-state index contributed by atoms with van der Waals surface area (Å²) in [5, 5.41) is 17.4. The summed E-state index contributed by atoms with van der Waals surface area (Å²) in [7, 11) is 1.96. The van der Waals surface area contributed by atoms with Gasteiger partial charge in [-0.05, 0) is 61.6 Å². The molecule has 0 unspecified atom stereocenters. The molecule has 5 rings (SSSR count). The van der Waals surface area contributed by atoms with E-state index < -0.39 is 11.6 Å². The molecule has 3 aliphatic rings. The van der Waals surface area contributed by atoms with Crippen molar-refractivity contribution in [1.82, 2.24) is 15.5 Å². The molecule has 4 atom stereocenters. The number of benzene rings is 1. The Bertz CT molecular complexity index is 1080. The number of halogens is 2. The average Bonchev–Trinajstić information content (AvgIpc) is 3.36. The molecule has 0 bridgehead atoms. The van der Waals surface area contributed by atoms with E-state index in [9.17, 15) is 8.78 Å². The van der Waals surface area contributed by atoms with Crippen LogP contribution in [0.2, 0.25) is 0 Å². The number of thioether (sulfide) groups is 1. The number of ether oxygens (including phenoxy) is 1. The van der Waals surface area contributed by atoms with Crippen LogP contribution in [0.1, 0.15) is 50.5 Å². The van der Waals surface area contributed by atoms with Crippen LogP contribution in [0.15, 0.2) is 23.4 Å². The Hall–Kier alpha value is -2.21. The number of aliphatic hydroxyl groups is 1. The second-order valence-corrected chi connectivity index (χ2v) is 10.8. The van der Waals surface area contributed by atoms with Crippen LogP contribution >= 0.6 is 11.8 Å². The molecule has 11 heteroatoms. The average molecular weight is 521 g/mol. The fraction of sp³-hybridized carbons (Fsp3) is 0.600. The summed E-state index contributed by atoms with van der Waals surface area (Å²) in [5.74, 6) is 1.52. The number of hydrogen-bond acceptors (Lipinski definition) is 9. The van der Waals surface area contributed by atoms with Crippen LogP contribution in [0.5, 0.6) is 0 Å². The Labute approximate surface area is 214 Å². The fourth-order valence-corrected chi connectivity index (χ4v) is 5.86. The van der Waals surface area contributed by atoms with Gasteiger partial charge in [-0.3, -0.25) is 10.0 Å². The molecule has 196 valence electrons. The molecular weight excluding hydrogens is 486 g/mol. The summed E-state index contributed by atoms with van der Waals surface area (Å²) in [5.41, 5.74) is 5.19. The minimum absolute atomic E-state index is 0.0346. The lowest BCUT2D eigenvalue weighted by atomic mass is 10.1. The van der Waals surface area contributed by atoms with E-state index in [0.717, 1.165) is 65.9 Å². The number of aromatic nitrogens is 2. The van der Waals surface area contributed by atoms with Gasteiger partial charge in [0.05, 0.1) is 25.4 Å². The predicted octanol–water partition coefficient (Wildman–Crippen LogP) is 4.08. The molecule has 8 nitrogen and oxygen atoms in total. The first kappa shape index (κ1) is 25.4. The number of nitrogens with zero attached hydrogens (tertiary/aromatic N) is 4. The lowest BCUT2D eigenvalue weighted by molar-refractivity contribution is 0.0321. The van der Waals surface area contributed by atoms with E-state index in [1.807, 2.05) is 12.1 Å². The predicted molar refractivity (Wildman–Crippen MR) is 137 cm³/mol. The van der Waals surface area contributed by atoms with E-state index in [0.29, 0.717) is 19.1 Å². The number of rotatable bonds is 11. The summed E-state index contributed by atoms with van der Waals surface area (Å²) >= 11 is 1.64. The highest BCUT2D eigenvalue weighted by Crippen LogP contribution is 2.48. The van der Waals surface area contributed by atoms with Crippen molar-refractivity contribution in [3.05, 3.63) is 35.4 Å². The highest BCUT2D eigenvalue weighted by atomic mass is 32.2. The van der Waals surface area contributed by atoms with Crippen molar-refractivity contribution in [2.24, 2.45) is 5.92 Å². The SMILES string of the molecule is CCCSc1nc(NC[C@H]2C[C@H]2c2ccc(F)c(F)c2)c2c(n1)N([C@H]1CC[C@@H](OCCO)C1)NN2C. The van der Waals surface area contributed by atoms with E-state index in [1.54, 1.807) is 17.8 Å². The largest absolute Gasteiger partial charge is 0.394 e. The van der Waals surface area contributed by atoms with Gasteiger partial charge in [-0.1, -0.05) is 24.8 Å². The van der Waals surface area contributed by atoms with Crippen molar-refractivity contribution < 1.29 is 18.6 Å². The van der Waals surface area contributed by atoms with Gasteiger partial charge in [0.25, 0.3) is 0 Å². The van der Waals surface area contributed by atoms with Crippen molar-refractivity contribution in [1.29, 1.82) is 0 Å². The molecule has 0 spiro atoms. The van der Waals surface area contributed by atoms with Gasteiger partial charge >= 0.3 is 0 Å². The number of fused-ring (bicyclic) bond motifs is 1. The first-order valence-electron chi connectivity index (χ1n) is 12.7. The molecule has 3 N–H and O–H groups in total. The van der Waals surface area contributed by atoms with Gasteiger partial charge in [0.15, 0.2) is 28.4 Å². The molecule has 0 amide bonds. The first-order chi connectivity index (χ1) is 17.5. The smallest absolute Gasteiger partial charge is 0.191 e. The monoisotopic (exact) mass is 520 g/mol. The van der Waals surface area contributed by atoms with Crippen molar-refractivity contribution in [2.75, 3.05) is 47.9 Å². The maximum Gasteiger partial charge on any atom is 0.191 e. The Kier molecular flexibility index (Phi) is 7.80. The van der Waals surface area contributed by atoms with Crippen molar-refractivity contribution >= 4 is 29.1 Å². The highest BCUT2D eigenvalue weighted by molar-refractivity contribution is 7.99. The van der Waals surface area contributed by atoms with Gasteiger partial charge in [-0.2, -0.15) is 0 Å². The van der Waals surface area contributed by atoms with Crippen LogP contribution in [-0.2, 0) is 4.74 Å². The zero-order valence-corrected chi connectivity index (χ0v) is 21.5. The maximum absolute atomic E-state index is 13.7. The highest BCUT2D eigenvalue weighted by Gasteiger charge is 2.41. The summed E-state index contributed by atoms with van der Waals surface area (Å²) in [6.07, 6.45) is 4.87. The Morgan fingerprint density at radius 2 is 2.08 bits per heavy atom. The van der Waals surface area contributed by atoms with Gasteiger partial charge in [0, 0.05) is 19.3 Å². The molecule has 2 fully saturated rings. The Balaban J connectivity index is 1.31. The Morgan fingerprint density at radius 3 is 2.86 bits per heavy atom. The molecule has 1 aromatic carbocycles. The molecule has 0 radical (unpaired) electrons. The summed E-state index contributed by atoms with van der Waals surface area (Å²) in [6, 6.07) is 4.43. The molecule has 0 saturated heterocycles.